The van der Waals surface area contributed by atoms with Crippen molar-refractivity contribution in [1.82, 2.24) is 4.98 Å². The molecule has 0 saturated carbocycles. The first-order chi connectivity index (χ1) is 6.74. The first-order valence-corrected chi connectivity index (χ1v) is 4.10. The molecule has 0 bridgehead atoms. The third-order valence-electron chi connectivity index (χ3n) is 1.62. The molecule has 1 N–H and O–H groups in total. The molecular formula is C9H9F2N3. The second kappa shape index (κ2) is 5.12. The van der Waals surface area contributed by atoms with Crippen molar-refractivity contribution >= 4 is 5.69 Å². The summed E-state index contributed by atoms with van der Waals surface area (Å²) in [5.41, 5.74) is 0.907. The number of alkyl halides is 2. The van der Waals surface area contributed by atoms with E-state index in [0.717, 1.165) is 0 Å². The van der Waals surface area contributed by atoms with Gasteiger partial charge >= 0.3 is 0 Å². The Balaban J connectivity index is 2.54. The molecular weight excluding hydrogens is 188 g/mol. The van der Waals surface area contributed by atoms with Crippen molar-refractivity contribution in [3.8, 4) is 6.07 Å². The molecule has 0 aliphatic carbocycles. The smallest absolute Gasteiger partial charge is 0.240 e. The fourth-order valence-corrected chi connectivity index (χ4v) is 0.949. The number of hydrogen-bond donors (Lipinski definition) is 1. The minimum atomic E-state index is -2.33. The summed E-state index contributed by atoms with van der Waals surface area (Å²) in [6, 6.07) is 3.48. The number of halogens is 2. The van der Waals surface area contributed by atoms with Crippen LogP contribution in [0.1, 0.15) is 12.0 Å². The zero-order valence-electron chi connectivity index (χ0n) is 7.37. The normalized spacial score (nSPS) is 9.86. The molecule has 0 unspecified atom stereocenters. The van der Waals surface area contributed by atoms with Gasteiger partial charge in [-0.25, -0.2) is 8.78 Å². The van der Waals surface area contributed by atoms with Crippen LogP contribution < -0.4 is 5.32 Å². The third kappa shape index (κ3) is 2.98. The van der Waals surface area contributed by atoms with Crippen molar-refractivity contribution in [3.05, 3.63) is 24.0 Å². The van der Waals surface area contributed by atoms with Crippen molar-refractivity contribution in [2.75, 3.05) is 11.9 Å². The highest BCUT2D eigenvalue weighted by Gasteiger charge is 2.03. The largest absolute Gasteiger partial charge is 0.383 e. The SMILES string of the molecule is N#Cc1ccncc1NCCC(F)F. The molecule has 0 aliphatic heterocycles. The van der Waals surface area contributed by atoms with Crippen LogP contribution >= 0.6 is 0 Å². The van der Waals surface area contributed by atoms with Crippen LogP contribution in [0.5, 0.6) is 0 Å². The number of hydrogen-bond acceptors (Lipinski definition) is 3. The molecule has 1 aromatic heterocycles. The first-order valence-electron chi connectivity index (χ1n) is 4.10. The summed E-state index contributed by atoms with van der Waals surface area (Å²) in [5.74, 6) is 0. The Kier molecular flexibility index (Phi) is 3.80. The van der Waals surface area contributed by atoms with E-state index in [-0.39, 0.29) is 13.0 Å². The molecule has 0 radical (unpaired) electrons. The Morgan fingerprint density at radius 3 is 3.00 bits per heavy atom. The fraction of sp³-hybridized carbons (Fsp3) is 0.333. The summed E-state index contributed by atoms with van der Waals surface area (Å²) in [6.45, 7) is 0.137. The van der Waals surface area contributed by atoms with Gasteiger partial charge in [0.1, 0.15) is 6.07 Å². The molecule has 74 valence electrons. The van der Waals surface area contributed by atoms with E-state index in [2.05, 4.69) is 10.3 Å². The van der Waals surface area contributed by atoms with Crippen LogP contribution in [0.4, 0.5) is 14.5 Å². The number of rotatable bonds is 4. The molecule has 1 rings (SSSR count). The molecule has 0 fully saturated rings. The number of aromatic nitrogens is 1. The highest BCUT2D eigenvalue weighted by molar-refractivity contribution is 5.55. The lowest BCUT2D eigenvalue weighted by atomic mass is 10.2. The van der Waals surface area contributed by atoms with Gasteiger partial charge in [0, 0.05) is 19.2 Å². The van der Waals surface area contributed by atoms with Crippen LogP contribution in [0.3, 0.4) is 0 Å². The molecule has 0 spiro atoms. The highest BCUT2D eigenvalue weighted by Crippen LogP contribution is 2.12. The van der Waals surface area contributed by atoms with Crippen molar-refractivity contribution in [3.63, 3.8) is 0 Å². The molecule has 0 aliphatic rings. The second-order valence-corrected chi connectivity index (χ2v) is 2.64. The maximum atomic E-state index is 11.8. The van der Waals surface area contributed by atoms with Gasteiger partial charge in [-0.3, -0.25) is 4.98 Å². The molecule has 0 amide bonds. The van der Waals surface area contributed by atoms with E-state index in [9.17, 15) is 8.78 Å². The number of nitriles is 1. The van der Waals surface area contributed by atoms with Crippen LogP contribution in [0, 0.1) is 11.3 Å². The van der Waals surface area contributed by atoms with Gasteiger partial charge in [-0.1, -0.05) is 0 Å². The summed E-state index contributed by atoms with van der Waals surface area (Å²) in [7, 11) is 0. The number of nitrogens with zero attached hydrogens (tertiary/aromatic N) is 2. The van der Waals surface area contributed by atoms with Crippen molar-refractivity contribution in [1.29, 1.82) is 5.26 Å². The zero-order valence-corrected chi connectivity index (χ0v) is 7.37. The average molecular weight is 197 g/mol. The molecule has 3 nitrogen and oxygen atoms in total. The Bertz CT molecular complexity index is 333. The summed E-state index contributed by atoms with van der Waals surface area (Å²) in [6.07, 6.45) is 0.366. The number of anilines is 1. The van der Waals surface area contributed by atoms with E-state index < -0.39 is 6.43 Å². The summed E-state index contributed by atoms with van der Waals surface area (Å²) < 4.78 is 23.6. The molecule has 0 atom stereocenters. The molecule has 14 heavy (non-hydrogen) atoms. The second-order valence-electron chi connectivity index (χ2n) is 2.64. The predicted octanol–water partition coefficient (Wildman–Crippen LogP) is 2.02. The standard InChI is InChI=1S/C9H9F2N3/c10-9(11)2-4-14-8-6-13-3-1-7(8)5-12/h1,3,6,9,14H,2,4H2. The molecule has 0 saturated heterocycles. The van der Waals surface area contributed by atoms with Crippen molar-refractivity contribution in [2.45, 2.75) is 12.8 Å². The van der Waals surface area contributed by atoms with E-state index in [1.54, 1.807) is 0 Å². The Hall–Kier alpha value is -1.70. The van der Waals surface area contributed by atoms with Crippen molar-refractivity contribution in [2.24, 2.45) is 0 Å². The summed E-state index contributed by atoms with van der Waals surface area (Å²) >= 11 is 0. The quantitative estimate of drug-likeness (QED) is 0.803. The van der Waals surface area contributed by atoms with E-state index >= 15 is 0 Å². The Morgan fingerprint density at radius 1 is 1.57 bits per heavy atom. The minimum Gasteiger partial charge on any atom is -0.383 e. The van der Waals surface area contributed by atoms with Gasteiger partial charge in [-0.2, -0.15) is 5.26 Å². The van der Waals surface area contributed by atoms with Gasteiger partial charge in [0.05, 0.1) is 17.4 Å². The van der Waals surface area contributed by atoms with E-state index in [1.807, 2.05) is 6.07 Å². The van der Waals surface area contributed by atoms with E-state index in [4.69, 9.17) is 5.26 Å². The maximum Gasteiger partial charge on any atom is 0.240 e. The lowest BCUT2D eigenvalue weighted by Gasteiger charge is -2.06. The van der Waals surface area contributed by atoms with Crippen LogP contribution in [-0.4, -0.2) is 18.0 Å². The summed E-state index contributed by atoms with van der Waals surface area (Å²) in [4.78, 5) is 3.79. The minimum absolute atomic E-state index is 0.137. The van der Waals surface area contributed by atoms with Crippen LogP contribution in [0.2, 0.25) is 0 Å². The topological polar surface area (TPSA) is 48.7 Å². The molecule has 1 aromatic rings. The maximum absolute atomic E-state index is 11.8. The molecule has 0 aromatic carbocycles. The number of nitrogens with one attached hydrogen (secondary N) is 1. The van der Waals surface area contributed by atoms with Crippen LogP contribution in [-0.2, 0) is 0 Å². The van der Waals surface area contributed by atoms with Crippen LogP contribution in [0.15, 0.2) is 18.5 Å². The Morgan fingerprint density at radius 2 is 2.36 bits per heavy atom. The van der Waals surface area contributed by atoms with Crippen molar-refractivity contribution < 1.29 is 8.78 Å². The van der Waals surface area contributed by atoms with Gasteiger partial charge in [-0.15, -0.1) is 0 Å². The monoisotopic (exact) mass is 197 g/mol. The van der Waals surface area contributed by atoms with E-state index in [0.29, 0.717) is 11.3 Å². The first kappa shape index (κ1) is 10.4. The highest BCUT2D eigenvalue weighted by atomic mass is 19.3. The van der Waals surface area contributed by atoms with Gasteiger partial charge in [0.25, 0.3) is 0 Å². The van der Waals surface area contributed by atoms with Crippen LogP contribution in [0.25, 0.3) is 0 Å². The predicted molar refractivity (Wildman–Crippen MR) is 48.1 cm³/mol. The van der Waals surface area contributed by atoms with Gasteiger partial charge in [-0.05, 0) is 6.07 Å². The van der Waals surface area contributed by atoms with Gasteiger partial charge in [0.2, 0.25) is 6.43 Å². The molecule has 5 heteroatoms. The lowest BCUT2D eigenvalue weighted by molar-refractivity contribution is 0.142. The third-order valence-corrected chi connectivity index (χ3v) is 1.62. The Labute approximate surface area is 80.4 Å². The fourth-order valence-electron chi connectivity index (χ4n) is 0.949. The lowest BCUT2D eigenvalue weighted by Crippen LogP contribution is -2.07. The zero-order chi connectivity index (χ0) is 10.4. The number of pyridine rings is 1. The van der Waals surface area contributed by atoms with Gasteiger partial charge < -0.3 is 5.32 Å². The molecule has 1 heterocycles. The summed E-state index contributed by atoms with van der Waals surface area (Å²) in [5, 5.41) is 11.4. The van der Waals surface area contributed by atoms with Gasteiger partial charge in [0.15, 0.2) is 0 Å². The average Bonchev–Trinajstić information content (AvgIpc) is 2.18. The van der Waals surface area contributed by atoms with E-state index in [1.165, 1.54) is 18.5 Å².